The Morgan fingerprint density at radius 2 is 2.22 bits per heavy atom. The molecule has 0 unspecified atom stereocenters. The molecule has 2 heterocycles. The smallest absolute Gasteiger partial charge is 0.259 e. The maximum atomic E-state index is 12.8. The number of hydrogen-bond donors (Lipinski definition) is 1. The summed E-state index contributed by atoms with van der Waals surface area (Å²) >= 11 is 0. The van der Waals surface area contributed by atoms with Crippen molar-refractivity contribution >= 4 is 17.3 Å². The average Bonchev–Trinajstić information content (AvgIpc) is 3.02. The van der Waals surface area contributed by atoms with Gasteiger partial charge in [0.1, 0.15) is 0 Å². The largest absolute Gasteiger partial charge is 0.385 e. The molecule has 5 nitrogen and oxygen atoms in total. The minimum Gasteiger partial charge on any atom is -0.385 e. The van der Waals surface area contributed by atoms with E-state index in [1.54, 1.807) is 19.5 Å². The fourth-order valence-electron chi connectivity index (χ4n) is 2.81. The fourth-order valence-corrected chi connectivity index (χ4v) is 2.81. The second-order valence-electron chi connectivity index (χ2n) is 5.57. The lowest BCUT2D eigenvalue weighted by atomic mass is 10.2. The van der Waals surface area contributed by atoms with Crippen LogP contribution in [-0.4, -0.2) is 37.7 Å². The molecule has 0 saturated heterocycles. The minimum atomic E-state index is 0.00277. The Hall–Kier alpha value is -2.40. The molecule has 0 bridgehead atoms. The molecule has 1 aromatic heterocycles. The summed E-state index contributed by atoms with van der Waals surface area (Å²) in [7, 11) is 1.69. The van der Waals surface area contributed by atoms with Crippen LogP contribution in [0.4, 0.5) is 11.4 Å². The summed E-state index contributed by atoms with van der Waals surface area (Å²) in [4.78, 5) is 18.8. The highest BCUT2D eigenvalue weighted by molar-refractivity contribution is 6.07. The van der Waals surface area contributed by atoms with Gasteiger partial charge in [-0.15, -0.1) is 0 Å². The molecule has 0 fully saturated rings. The van der Waals surface area contributed by atoms with Crippen molar-refractivity contribution < 1.29 is 9.53 Å². The summed E-state index contributed by atoms with van der Waals surface area (Å²) in [5.74, 6) is 0.00277. The van der Waals surface area contributed by atoms with Gasteiger partial charge in [0, 0.05) is 44.9 Å². The minimum absolute atomic E-state index is 0.00277. The molecule has 0 aliphatic carbocycles. The lowest BCUT2D eigenvalue weighted by molar-refractivity contribution is 0.0989. The van der Waals surface area contributed by atoms with Crippen LogP contribution in [0.5, 0.6) is 0 Å². The van der Waals surface area contributed by atoms with Gasteiger partial charge in [-0.25, -0.2) is 0 Å². The number of nitrogens with zero attached hydrogens (tertiary/aromatic N) is 2. The number of aromatic nitrogens is 1. The van der Waals surface area contributed by atoms with Gasteiger partial charge in [-0.05, 0) is 30.5 Å². The summed E-state index contributed by atoms with van der Waals surface area (Å²) < 4.78 is 5.03. The van der Waals surface area contributed by atoms with E-state index >= 15 is 0 Å². The number of hydrogen-bond acceptors (Lipinski definition) is 4. The molecule has 1 N–H and O–H groups in total. The Morgan fingerprint density at radius 1 is 1.35 bits per heavy atom. The van der Waals surface area contributed by atoms with E-state index < -0.39 is 0 Å². The Bertz CT molecular complexity index is 687. The third-order valence-electron chi connectivity index (χ3n) is 3.97. The van der Waals surface area contributed by atoms with Gasteiger partial charge in [-0.3, -0.25) is 9.78 Å². The fraction of sp³-hybridized carbons (Fsp3) is 0.333. The van der Waals surface area contributed by atoms with Crippen LogP contribution < -0.4 is 10.2 Å². The summed E-state index contributed by atoms with van der Waals surface area (Å²) in [5.41, 5.74) is 3.71. The van der Waals surface area contributed by atoms with Crippen molar-refractivity contribution in [3.8, 4) is 0 Å². The Labute approximate surface area is 136 Å². The van der Waals surface area contributed by atoms with Gasteiger partial charge in [-0.2, -0.15) is 0 Å². The third kappa shape index (κ3) is 3.51. The molecule has 2 aromatic rings. The number of carbonyl (C=O) groups is 1. The first-order valence-corrected chi connectivity index (χ1v) is 7.87. The topological polar surface area (TPSA) is 54.5 Å². The van der Waals surface area contributed by atoms with Gasteiger partial charge in [-0.1, -0.05) is 18.2 Å². The highest BCUT2D eigenvalue weighted by Crippen LogP contribution is 2.29. The van der Waals surface area contributed by atoms with Crippen LogP contribution in [0.15, 0.2) is 42.7 Å². The third-order valence-corrected chi connectivity index (χ3v) is 3.97. The second kappa shape index (κ2) is 7.24. The van der Waals surface area contributed by atoms with Crippen molar-refractivity contribution in [2.24, 2.45) is 0 Å². The lowest BCUT2D eigenvalue weighted by Gasteiger charge is -2.17. The van der Waals surface area contributed by atoms with E-state index in [4.69, 9.17) is 4.74 Å². The monoisotopic (exact) mass is 311 g/mol. The first kappa shape index (κ1) is 15.5. The van der Waals surface area contributed by atoms with Gasteiger partial charge in [0.05, 0.1) is 11.3 Å². The van der Waals surface area contributed by atoms with Crippen molar-refractivity contribution in [2.75, 3.05) is 37.0 Å². The molecule has 1 amide bonds. The molecule has 1 aromatic carbocycles. The van der Waals surface area contributed by atoms with Gasteiger partial charge >= 0.3 is 0 Å². The maximum absolute atomic E-state index is 12.8. The number of rotatable bonds is 6. The number of nitrogens with one attached hydrogen (secondary N) is 1. The van der Waals surface area contributed by atoms with Crippen LogP contribution in [0.1, 0.15) is 22.3 Å². The molecule has 0 saturated carbocycles. The van der Waals surface area contributed by atoms with E-state index in [1.165, 1.54) is 5.56 Å². The van der Waals surface area contributed by atoms with Gasteiger partial charge in [0.25, 0.3) is 5.91 Å². The predicted molar refractivity (Wildman–Crippen MR) is 91.0 cm³/mol. The van der Waals surface area contributed by atoms with E-state index in [9.17, 15) is 4.79 Å². The van der Waals surface area contributed by atoms with Gasteiger partial charge in [0.15, 0.2) is 0 Å². The highest BCUT2D eigenvalue weighted by Gasteiger charge is 2.25. The Morgan fingerprint density at radius 3 is 3.09 bits per heavy atom. The van der Waals surface area contributed by atoms with Crippen molar-refractivity contribution in [1.82, 2.24) is 4.98 Å². The van der Waals surface area contributed by atoms with Crippen molar-refractivity contribution in [3.05, 3.63) is 53.9 Å². The van der Waals surface area contributed by atoms with E-state index in [-0.39, 0.29) is 5.91 Å². The Balaban J connectivity index is 1.71. The number of ether oxygens (including phenoxy) is 1. The summed E-state index contributed by atoms with van der Waals surface area (Å²) in [6.45, 7) is 2.23. The predicted octanol–water partition coefficient (Wildman–Crippen LogP) is 2.73. The SMILES string of the molecule is COCCCNc1cncc(C(=O)N2CCc3ccccc32)c1. The van der Waals surface area contributed by atoms with Crippen LogP contribution in [-0.2, 0) is 11.2 Å². The molecule has 3 rings (SSSR count). The summed E-state index contributed by atoms with van der Waals surface area (Å²) in [6, 6.07) is 9.92. The number of anilines is 2. The zero-order valence-electron chi connectivity index (χ0n) is 13.3. The normalized spacial score (nSPS) is 13.0. The molecule has 23 heavy (non-hydrogen) atoms. The number of fused-ring (bicyclic) bond motifs is 1. The average molecular weight is 311 g/mol. The molecule has 0 radical (unpaired) electrons. The summed E-state index contributed by atoms with van der Waals surface area (Å²) in [6.07, 6.45) is 5.18. The van der Waals surface area contributed by atoms with Crippen molar-refractivity contribution in [2.45, 2.75) is 12.8 Å². The Kier molecular flexibility index (Phi) is 4.88. The van der Waals surface area contributed by atoms with Crippen LogP contribution in [0.2, 0.25) is 0 Å². The number of carbonyl (C=O) groups excluding carboxylic acids is 1. The first-order valence-electron chi connectivity index (χ1n) is 7.87. The van der Waals surface area contributed by atoms with Crippen LogP contribution in [0.3, 0.4) is 0 Å². The zero-order valence-corrected chi connectivity index (χ0v) is 13.3. The van der Waals surface area contributed by atoms with Crippen LogP contribution in [0.25, 0.3) is 0 Å². The summed E-state index contributed by atoms with van der Waals surface area (Å²) in [5, 5.41) is 3.27. The number of methoxy groups -OCH3 is 1. The van der Waals surface area contributed by atoms with E-state index in [2.05, 4.69) is 16.4 Å². The van der Waals surface area contributed by atoms with Crippen LogP contribution >= 0.6 is 0 Å². The van der Waals surface area contributed by atoms with Gasteiger partial charge < -0.3 is 15.0 Å². The molecular weight excluding hydrogens is 290 g/mol. The molecule has 0 spiro atoms. The van der Waals surface area contributed by atoms with Crippen molar-refractivity contribution in [3.63, 3.8) is 0 Å². The van der Waals surface area contributed by atoms with Crippen molar-refractivity contribution in [1.29, 1.82) is 0 Å². The number of pyridine rings is 1. The number of amides is 1. The standard InChI is InChI=1S/C18H21N3O2/c1-23-10-4-8-20-16-11-15(12-19-13-16)18(22)21-9-7-14-5-2-3-6-17(14)21/h2-3,5-6,11-13,20H,4,7-10H2,1H3. The molecule has 0 atom stereocenters. The number of para-hydroxylation sites is 1. The first-order chi connectivity index (χ1) is 11.3. The number of benzene rings is 1. The lowest BCUT2D eigenvalue weighted by Crippen LogP contribution is -2.29. The molecule has 120 valence electrons. The van der Waals surface area contributed by atoms with Gasteiger partial charge in [0.2, 0.25) is 0 Å². The maximum Gasteiger partial charge on any atom is 0.259 e. The molecular formula is C18H21N3O2. The van der Waals surface area contributed by atoms with E-state index in [1.807, 2.05) is 29.2 Å². The van der Waals surface area contributed by atoms with Crippen LogP contribution in [0, 0.1) is 0 Å². The quantitative estimate of drug-likeness (QED) is 0.834. The zero-order chi connectivity index (χ0) is 16.1. The highest BCUT2D eigenvalue weighted by atomic mass is 16.5. The second-order valence-corrected chi connectivity index (χ2v) is 5.57. The van der Waals surface area contributed by atoms with E-state index in [0.717, 1.165) is 37.3 Å². The van der Waals surface area contributed by atoms with E-state index in [0.29, 0.717) is 12.2 Å². The molecule has 1 aliphatic heterocycles. The molecule has 5 heteroatoms. The molecule has 1 aliphatic rings.